The molecule has 24 heavy (non-hydrogen) atoms. The van der Waals surface area contributed by atoms with Crippen molar-refractivity contribution in [1.29, 1.82) is 0 Å². The molecule has 0 aromatic carbocycles. The van der Waals surface area contributed by atoms with Gasteiger partial charge in [0.2, 0.25) is 0 Å². The van der Waals surface area contributed by atoms with E-state index in [0.29, 0.717) is 12.1 Å². The molecule has 0 spiro atoms. The average Bonchev–Trinajstić information content (AvgIpc) is 3.22. The third kappa shape index (κ3) is 4.31. The monoisotopic (exact) mass is 371 g/mol. The van der Waals surface area contributed by atoms with Gasteiger partial charge in [0.05, 0.1) is 23.9 Å². The van der Waals surface area contributed by atoms with Gasteiger partial charge in [-0.3, -0.25) is 0 Å². The Morgan fingerprint density at radius 2 is 2.12 bits per heavy atom. The third-order valence-corrected chi connectivity index (χ3v) is 6.89. The minimum Gasteiger partial charge on any atom is -0.379 e. The summed E-state index contributed by atoms with van der Waals surface area (Å²) in [4.78, 5) is 6.43. The van der Waals surface area contributed by atoms with Crippen LogP contribution in [0.2, 0.25) is 0 Å². The van der Waals surface area contributed by atoms with Crippen LogP contribution in [0.15, 0.2) is 0 Å². The first-order valence-electron chi connectivity index (χ1n) is 9.42. The molecule has 1 saturated carbocycles. The van der Waals surface area contributed by atoms with Crippen LogP contribution in [0.1, 0.15) is 47.7 Å². The van der Waals surface area contributed by atoms with Gasteiger partial charge in [0.25, 0.3) is 0 Å². The molecule has 3 aliphatic rings. The number of thiazole rings is 1. The summed E-state index contributed by atoms with van der Waals surface area (Å²) in [6, 6.07) is 1.21. The van der Waals surface area contributed by atoms with Crippen LogP contribution in [-0.4, -0.2) is 43.4 Å². The highest BCUT2D eigenvalue weighted by atomic mass is 35.5. The topological polar surface area (TPSA) is 46.2 Å². The van der Waals surface area contributed by atoms with Crippen molar-refractivity contribution < 1.29 is 4.74 Å². The fourth-order valence-electron chi connectivity index (χ4n) is 4.46. The molecule has 0 radical (unpaired) electrons. The fraction of sp³-hybridized carbons (Fsp3) is 0.833. The van der Waals surface area contributed by atoms with Crippen molar-refractivity contribution in [3.05, 3.63) is 15.6 Å². The molecule has 4 rings (SSSR count). The van der Waals surface area contributed by atoms with Crippen molar-refractivity contribution in [1.82, 2.24) is 15.6 Å². The second-order valence-corrected chi connectivity index (χ2v) is 8.39. The minimum atomic E-state index is 0. The molecule has 2 heterocycles. The zero-order valence-electron chi connectivity index (χ0n) is 14.4. The van der Waals surface area contributed by atoms with E-state index >= 15 is 0 Å². The highest BCUT2D eigenvalue weighted by Gasteiger charge is 2.34. The van der Waals surface area contributed by atoms with Crippen molar-refractivity contribution in [3.63, 3.8) is 0 Å². The Hall–Kier alpha value is -0.200. The molecular formula is C18H30ClN3OS. The number of aryl methyl sites for hydroxylation is 2. The number of ether oxygens (including phenoxy) is 1. The molecule has 0 bridgehead atoms. The summed E-state index contributed by atoms with van der Waals surface area (Å²) in [6.45, 7) is 3.85. The van der Waals surface area contributed by atoms with Crippen molar-refractivity contribution >= 4 is 23.7 Å². The SMILES string of the molecule is C1CCc2sc(CCNC3CCCC3C3COCCN3)nc2C1.Cl. The number of halogens is 1. The van der Waals surface area contributed by atoms with Crippen LogP contribution in [0.3, 0.4) is 0 Å². The Kier molecular flexibility index (Phi) is 6.93. The first kappa shape index (κ1) is 18.6. The lowest BCUT2D eigenvalue weighted by atomic mass is 9.94. The van der Waals surface area contributed by atoms with E-state index in [1.165, 1.54) is 55.6 Å². The number of hydrogen-bond acceptors (Lipinski definition) is 5. The van der Waals surface area contributed by atoms with Gasteiger partial charge in [-0.15, -0.1) is 23.7 Å². The molecule has 4 nitrogen and oxygen atoms in total. The molecule has 2 fully saturated rings. The third-order valence-electron chi connectivity index (χ3n) is 5.67. The van der Waals surface area contributed by atoms with Crippen molar-refractivity contribution in [3.8, 4) is 0 Å². The molecule has 6 heteroatoms. The number of rotatable bonds is 5. The van der Waals surface area contributed by atoms with Gasteiger partial charge in [-0.2, -0.15) is 0 Å². The van der Waals surface area contributed by atoms with Crippen LogP contribution in [0.25, 0.3) is 0 Å². The lowest BCUT2D eigenvalue weighted by Crippen LogP contribution is -2.51. The smallest absolute Gasteiger partial charge is 0.0943 e. The van der Waals surface area contributed by atoms with Crippen molar-refractivity contribution in [2.24, 2.45) is 5.92 Å². The second-order valence-electron chi connectivity index (χ2n) is 7.23. The predicted molar refractivity (Wildman–Crippen MR) is 101 cm³/mol. The second kappa shape index (κ2) is 8.95. The summed E-state index contributed by atoms with van der Waals surface area (Å²) < 4.78 is 5.66. The molecule has 136 valence electrons. The van der Waals surface area contributed by atoms with E-state index in [2.05, 4.69) is 10.6 Å². The van der Waals surface area contributed by atoms with Gasteiger partial charge < -0.3 is 15.4 Å². The van der Waals surface area contributed by atoms with Crippen LogP contribution in [0, 0.1) is 5.92 Å². The largest absolute Gasteiger partial charge is 0.379 e. The van der Waals surface area contributed by atoms with E-state index in [4.69, 9.17) is 9.72 Å². The molecule has 0 amide bonds. The number of aromatic nitrogens is 1. The van der Waals surface area contributed by atoms with Gasteiger partial charge in [-0.05, 0) is 44.4 Å². The van der Waals surface area contributed by atoms with Gasteiger partial charge in [0.1, 0.15) is 0 Å². The molecule has 2 aliphatic carbocycles. The quantitative estimate of drug-likeness (QED) is 0.835. The summed E-state index contributed by atoms with van der Waals surface area (Å²) in [6.07, 6.45) is 10.3. The maximum absolute atomic E-state index is 5.66. The summed E-state index contributed by atoms with van der Waals surface area (Å²) in [5, 5.41) is 8.83. The van der Waals surface area contributed by atoms with Crippen molar-refractivity contribution in [2.45, 2.75) is 63.5 Å². The predicted octanol–water partition coefficient (Wildman–Crippen LogP) is 2.73. The van der Waals surface area contributed by atoms with E-state index < -0.39 is 0 Å². The number of fused-ring (bicyclic) bond motifs is 1. The molecular weight excluding hydrogens is 342 g/mol. The standard InChI is InChI=1S/C18H29N3OS.ClH/c1-2-7-17-15(5-1)21-18(23-17)8-9-19-14-6-3-4-13(14)16-12-22-11-10-20-16;/h13-14,16,19-20H,1-12H2;1H. The first-order valence-corrected chi connectivity index (χ1v) is 10.2. The van der Waals surface area contributed by atoms with E-state index in [1.54, 1.807) is 4.88 Å². The van der Waals surface area contributed by atoms with Crippen LogP contribution in [0.5, 0.6) is 0 Å². The first-order chi connectivity index (χ1) is 11.4. The number of morpholine rings is 1. The highest BCUT2D eigenvalue weighted by molar-refractivity contribution is 7.11. The Morgan fingerprint density at radius 3 is 2.96 bits per heavy atom. The normalized spacial score (nSPS) is 29.9. The van der Waals surface area contributed by atoms with Crippen LogP contribution < -0.4 is 10.6 Å². The maximum atomic E-state index is 5.66. The fourth-order valence-corrected chi connectivity index (χ4v) is 5.62. The molecule has 1 aromatic heterocycles. The molecule has 1 aromatic rings. The van der Waals surface area contributed by atoms with E-state index in [1.807, 2.05) is 11.3 Å². The zero-order chi connectivity index (χ0) is 15.5. The summed E-state index contributed by atoms with van der Waals surface area (Å²) in [5.74, 6) is 0.736. The zero-order valence-corrected chi connectivity index (χ0v) is 16.0. The van der Waals surface area contributed by atoms with Gasteiger partial charge in [-0.25, -0.2) is 4.98 Å². The number of nitrogens with one attached hydrogen (secondary N) is 2. The Labute approximate surface area is 155 Å². The molecule has 3 unspecified atom stereocenters. The lowest BCUT2D eigenvalue weighted by Gasteiger charge is -2.33. The summed E-state index contributed by atoms with van der Waals surface area (Å²) in [5.41, 5.74) is 1.40. The molecule has 1 aliphatic heterocycles. The van der Waals surface area contributed by atoms with Crippen LogP contribution >= 0.6 is 23.7 Å². The van der Waals surface area contributed by atoms with Gasteiger partial charge in [-0.1, -0.05) is 6.42 Å². The molecule has 2 N–H and O–H groups in total. The Bertz CT molecular complexity index is 495. The van der Waals surface area contributed by atoms with Gasteiger partial charge >= 0.3 is 0 Å². The maximum Gasteiger partial charge on any atom is 0.0943 e. The van der Waals surface area contributed by atoms with Gasteiger partial charge in [0, 0.05) is 36.5 Å². The Balaban J connectivity index is 0.00000169. The van der Waals surface area contributed by atoms with Crippen LogP contribution in [-0.2, 0) is 24.0 Å². The highest BCUT2D eigenvalue weighted by Crippen LogP contribution is 2.30. The summed E-state index contributed by atoms with van der Waals surface area (Å²) in [7, 11) is 0. The molecule has 1 saturated heterocycles. The molecule has 3 atom stereocenters. The number of hydrogen-bond donors (Lipinski definition) is 2. The average molecular weight is 372 g/mol. The van der Waals surface area contributed by atoms with E-state index in [0.717, 1.165) is 38.6 Å². The summed E-state index contributed by atoms with van der Waals surface area (Å²) >= 11 is 1.96. The van der Waals surface area contributed by atoms with Crippen molar-refractivity contribution in [2.75, 3.05) is 26.3 Å². The number of nitrogens with zero attached hydrogens (tertiary/aromatic N) is 1. The van der Waals surface area contributed by atoms with Crippen LogP contribution in [0.4, 0.5) is 0 Å². The van der Waals surface area contributed by atoms with E-state index in [-0.39, 0.29) is 12.4 Å². The van der Waals surface area contributed by atoms with Gasteiger partial charge in [0.15, 0.2) is 0 Å². The Morgan fingerprint density at radius 1 is 1.21 bits per heavy atom. The lowest BCUT2D eigenvalue weighted by molar-refractivity contribution is 0.0526. The minimum absolute atomic E-state index is 0. The van der Waals surface area contributed by atoms with E-state index in [9.17, 15) is 0 Å².